The first-order chi connectivity index (χ1) is 20.6. The van der Waals surface area contributed by atoms with Gasteiger partial charge in [-0.1, -0.05) is 93.3 Å². The first-order valence-corrected chi connectivity index (χ1v) is 15.4. The van der Waals surface area contributed by atoms with Crippen molar-refractivity contribution in [1.82, 2.24) is 15.5 Å². The van der Waals surface area contributed by atoms with Crippen molar-refractivity contribution < 1.29 is 28.7 Å². The Morgan fingerprint density at radius 1 is 0.860 bits per heavy atom. The third kappa shape index (κ3) is 13.3. The normalized spacial score (nSPS) is 12.5. The molecule has 43 heavy (non-hydrogen) atoms. The molecule has 9 heteroatoms. The minimum absolute atomic E-state index is 0.0168. The summed E-state index contributed by atoms with van der Waals surface area (Å²) in [6.07, 6.45) is 4.30. The zero-order valence-electron chi connectivity index (χ0n) is 26.4. The van der Waals surface area contributed by atoms with Crippen LogP contribution < -0.4 is 10.6 Å². The molecule has 0 saturated carbocycles. The van der Waals surface area contributed by atoms with Gasteiger partial charge in [0, 0.05) is 19.5 Å². The third-order valence-electron chi connectivity index (χ3n) is 6.67. The zero-order valence-corrected chi connectivity index (χ0v) is 26.4. The van der Waals surface area contributed by atoms with Crippen LogP contribution in [0.2, 0.25) is 0 Å². The second kappa shape index (κ2) is 18.6. The maximum absolute atomic E-state index is 14.5. The maximum atomic E-state index is 14.5. The lowest BCUT2D eigenvalue weighted by molar-refractivity contribution is -0.144. The van der Waals surface area contributed by atoms with E-state index in [-0.39, 0.29) is 31.9 Å². The van der Waals surface area contributed by atoms with Gasteiger partial charge in [-0.05, 0) is 45.2 Å². The highest BCUT2D eigenvalue weighted by atomic mass is 16.6. The van der Waals surface area contributed by atoms with Crippen LogP contribution in [0.1, 0.15) is 90.3 Å². The Morgan fingerprint density at radius 3 is 2.09 bits per heavy atom. The number of benzene rings is 2. The van der Waals surface area contributed by atoms with Gasteiger partial charge in [-0.2, -0.15) is 0 Å². The van der Waals surface area contributed by atoms with E-state index in [1.54, 1.807) is 44.7 Å². The minimum atomic E-state index is -0.980. The number of nitrogens with one attached hydrogen (secondary N) is 2. The van der Waals surface area contributed by atoms with Gasteiger partial charge in [-0.15, -0.1) is 0 Å². The van der Waals surface area contributed by atoms with Gasteiger partial charge in [0.2, 0.25) is 11.8 Å². The number of ether oxygens (including phenoxy) is 2. The Hall–Kier alpha value is -3.88. The topological polar surface area (TPSA) is 114 Å². The number of rotatable bonds is 17. The molecule has 2 atom stereocenters. The molecule has 2 unspecified atom stereocenters. The van der Waals surface area contributed by atoms with Crippen molar-refractivity contribution in [3.63, 3.8) is 0 Å². The summed E-state index contributed by atoms with van der Waals surface area (Å²) in [4.78, 5) is 54.6. The Morgan fingerprint density at radius 2 is 1.49 bits per heavy atom. The monoisotopic (exact) mass is 595 g/mol. The summed E-state index contributed by atoms with van der Waals surface area (Å²) < 4.78 is 10.5. The molecule has 0 bridgehead atoms. The number of carbonyl (C=O) groups is 4. The SMILES string of the molecule is CCCCCCCN(C(=O)C(Cc1ccccc1)NC(=O)OC(C)(C)C)C(C(=O)NCCC(=O)OCC)c1ccccc1. The number of hydrogen-bond donors (Lipinski definition) is 2. The highest BCUT2D eigenvalue weighted by molar-refractivity contribution is 5.92. The largest absolute Gasteiger partial charge is 0.466 e. The Balaban J connectivity index is 2.45. The predicted molar refractivity (Wildman–Crippen MR) is 167 cm³/mol. The van der Waals surface area contributed by atoms with Gasteiger partial charge < -0.3 is 25.0 Å². The van der Waals surface area contributed by atoms with Crippen LogP contribution in [0.4, 0.5) is 4.79 Å². The van der Waals surface area contributed by atoms with Crippen LogP contribution >= 0.6 is 0 Å². The number of unbranched alkanes of at least 4 members (excludes halogenated alkanes) is 4. The molecule has 236 valence electrons. The summed E-state index contributed by atoms with van der Waals surface area (Å²) in [5, 5.41) is 5.62. The van der Waals surface area contributed by atoms with Crippen molar-refractivity contribution in [1.29, 1.82) is 0 Å². The second-order valence-corrected chi connectivity index (χ2v) is 11.5. The maximum Gasteiger partial charge on any atom is 0.408 e. The molecule has 0 spiro atoms. The molecular formula is C34H49N3O6. The molecule has 0 saturated heterocycles. The van der Waals surface area contributed by atoms with E-state index in [0.717, 1.165) is 31.2 Å². The molecule has 0 aromatic heterocycles. The lowest BCUT2D eigenvalue weighted by atomic mass is 9.99. The molecule has 2 rings (SSSR count). The lowest BCUT2D eigenvalue weighted by Crippen LogP contribution is -2.54. The van der Waals surface area contributed by atoms with Crippen molar-refractivity contribution in [2.45, 2.75) is 97.2 Å². The predicted octanol–water partition coefficient (Wildman–Crippen LogP) is 5.73. The molecule has 2 aromatic carbocycles. The Bertz CT molecular complexity index is 1130. The second-order valence-electron chi connectivity index (χ2n) is 11.5. The van der Waals surface area contributed by atoms with Gasteiger partial charge in [0.25, 0.3) is 0 Å². The first kappa shape index (κ1) is 35.3. The van der Waals surface area contributed by atoms with Crippen LogP contribution in [0.5, 0.6) is 0 Å². The highest BCUT2D eigenvalue weighted by Crippen LogP contribution is 2.24. The van der Waals surface area contributed by atoms with Crippen molar-refractivity contribution in [3.05, 3.63) is 71.8 Å². The summed E-state index contributed by atoms with van der Waals surface area (Å²) in [5.41, 5.74) is 0.734. The average Bonchev–Trinajstić information content (AvgIpc) is 2.96. The van der Waals surface area contributed by atoms with E-state index in [1.165, 1.54) is 0 Å². The van der Waals surface area contributed by atoms with Crippen LogP contribution in [0, 0.1) is 0 Å². The van der Waals surface area contributed by atoms with E-state index in [4.69, 9.17) is 9.47 Å². The molecule has 0 radical (unpaired) electrons. The van der Waals surface area contributed by atoms with Gasteiger partial charge in [0.15, 0.2) is 0 Å². The number of nitrogens with zero attached hydrogens (tertiary/aromatic N) is 1. The fourth-order valence-electron chi connectivity index (χ4n) is 4.68. The van der Waals surface area contributed by atoms with Gasteiger partial charge in [-0.25, -0.2) is 4.79 Å². The molecule has 0 fully saturated rings. The quantitative estimate of drug-likeness (QED) is 0.178. The van der Waals surface area contributed by atoms with Crippen LogP contribution in [0.3, 0.4) is 0 Å². The molecule has 0 aliphatic carbocycles. The fourth-order valence-corrected chi connectivity index (χ4v) is 4.68. The van der Waals surface area contributed by atoms with Crippen LogP contribution in [0.15, 0.2) is 60.7 Å². The Labute approximate surface area is 256 Å². The molecule has 9 nitrogen and oxygen atoms in total. The van der Waals surface area contributed by atoms with Crippen LogP contribution in [0.25, 0.3) is 0 Å². The van der Waals surface area contributed by atoms with Crippen molar-refractivity contribution >= 4 is 23.9 Å². The van der Waals surface area contributed by atoms with E-state index in [2.05, 4.69) is 17.6 Å². The molecule has 0 aliphatic heterocycles. The van der Waals surface area contributed by atoms with Gasteiger partial charge in [0.05, 0.1) is 13.0 Å². The summed E-state index contributed by atoms with van der Waals surface area (Å²) in [5.74, 6) is -1.21. The number of hydrogen-bond acceptors (Lipinski definition) is 6. The van der Waals surface area contributed by atoms with E-state index in [9.17, 15) is 19.2 Å². The molecular weight excluding hydrogens is 546 g/mol. The van der Waals surface area contributed by atoms with Gasteiger partial charge in [-0.3, -0.25) is 14.4 Å². The summed E-state index contributed by atoms with van der Waals surface area (Å²) in [6, 6.07) is 16.6. The van der Waals surface area contributed by atoms with Crippen molar-refractivity contribution in [2.75, 3.05) is 19.7 Å². The van der Waals surface area contributed by atoms with E-state index >= 15 is 0 Å². The van der Waals surface area contributed by atoms with Crippen molar-refractivity contribution in [2.24, 2.45) is 0 Å². The van der Waals surface area contributed by atoms with E-state index in [1.807, 2.05) is 48.5 Å². The smallest absolute Gasteiger partial charge is 0.408 e. The average molecular weight is 596 g/mol. The standard InChI is InChI=1S/C34H49N3O6/c1-6-8-9-10-17-24-37(30(27-20-15-12-16-21-27)31(39)35-23-22-29(38)42-7-2)32(40)28(25-26-18-13-11-14-19-26)36-33(41)43-34(3,4)5/h11-16,18-21,28,30H,6-10,17,22-25H2,1-5H3,(H,35,39)(H,36,41). The van der Waals surface area contributed by atoms with Crippen LogP contribution in [-0.2, 0) is 30.3 Å². The number of esters is 1. The summed E-state index contributed by atoms with van der Waals surface area (Å²) in [7, 11) is 0. The van der Waals surface area contributed by atoms with Crippen molar-refractivity contribution in [3.8, 4) is 0 Å². The number of alkyl carbamates (subject to hydrolysis) is 1. The van der Waals surface area contributed by atoms with E-state index in [0.29, 0.717) is 18.5 Å². The molecule has 2 aromatic rings. The molecule has 2 N–H and O–H groups in total. The zero-order chi connectivity index (χ0) is 31.7. The number of carbonyl (C=O) groups excluding carboxylic acids is 4. The molecule has 0 heterocycles. The third-order valence-corrected chi connectivity index (χ3v) is 6.67. The first-order valence-electron chi connectivity index (χ1n) is 15.4. The highest BCUT2D eigenvalue weighted by Gasteiger charge is 2.36. The van der Waals surface area contributed by atoms with Crippen LogP contribution in [-0.4, -0.2) is 60.1 Å². The minimum Gasteiger partial charge on any atom is -0.466 e. The van der Waals surface area contributed by atoms with Gasteiger partial charge >= 0.3 is 12.1 Å². The molecule has 0 aliphatic rings. The lowest BCUT2D eigenvalue weighted by Gasteiger charge is -2.34. The van der Waals surface area contributed by atoms with E-state index < -0.39 is 35.7 Å². The molecule has 3 amide bonds. The fraction of sp³-hybridized carbons (Fsp3) is 0.529. The summed E-state index contributed by atoms with van der Waals surface area (Å²) in [6.45, 7) is 9.78. The summed E-state index contributed by atoms with van der Waals surface area (Å²) >= 11 is 0. The number of amides is 3. The Kier molecular flexibility index (Phi) is 15.3. The van der Waals surface area contributed by atoms with Gasteiger partial charge in [0.1, 0.15) is 17.7 Å².